The van der Waals surface area contributed by atoms with Crippen molar-refractivity contribution in [3.63, 3.8) is 0 Å². The molecule has 2 aromatic rings. The molecule has 2 rings (SSSR count). The van der Waals surface area contributed by atoms with Gasteiger partial charge in [-0.15, -0.1) is 0 Å². The molecule has 108 valence electrons. The van der Waals surface area contributed by atoms with Crippen LogP contribution in [-0.2, 0) is 6.54 Å². The van der Waals surface area contributed by atoms with Crippen molar-refractivity contribution < 1.29 is 9.90 Å². The predicted octanol–water partition coefficient (Wildman–Crippen LogP) is 3.07. The molecule has 20 heavy (non-hydrogen) atoms. The maximum absolute atomic E-state index is 11.0. The molecular weight excluding hydrogens is 252 g/mol. The molecule has 0 aliphatic carbocycles. The molecule has 1 aromatic heterocycles. The normalized spacial score (nSPS) is 11.3. The fourth-order valence-electron chi connectivity index (χ4n) is 2.48. The Balaban J connectivity index is 2.02. The van der Waals surface area contributed by atoms with Crippen molar-refractivity contribution in [1.29, 1.82) is 0 Å². The van der Waals surface area contributed by atoms with Gasteiger partial charge in [0.25, 0.3) is 0 Å². The van der Waals surface area contributed by atoms with Gasteiger partial charge in [-0.3, -0.25) is 0 Å². The van der Waals surface area contributed by atoms with Gasteiger partial charge in [0.1, 0.15) is 0 Å². The Kier molecular flexibility index (Phi) is 4.79. The summed E-state index contributed by atoms with van der Waals surface area (Å²) in [6, 6.07) is 5.27. The van der Waals surface area contributed by atoms with Crippen LogP contribution in [0.2, 0.25) is 0 Å². The average molecular weight is 274 g/mol. The van der Waals surface area contributed by atoms with Gasteiger partial charge in [-0.05, 0) is 43.6 Å². The first kappa shape index (κ1) is 14.6. The molecule has 4 nitrogen and oxygen atoms in total. The summed E-state index contributed by atoms with van der Waals surface area (Å²) >= 11 is 0. The van der Waals surface area contributed by atoms with Crippen molar-refractivity contribution in [3.05, 3.63) is 36.2 Å². The lowest BCUT2D eigenvalue weighted by Gasteiger charge is -2.17. The van der Waals surface area contributed by atoms with Gasteiger partial charge in [-0.2, -0.15) is 0 Å². The van der Waals surface area contributed by atoms with E-state index in [0.717, 1.165) is 43.4 Å². The fourth-order valence-corrected chi connectivity index (χ4v) is 2.48. The molecular formula is C16H22N2O2. The van der Waals surface area contributed by atoms with E-state index in [2.05, 4.69) is 29.5 Å². The Morgan fingerprint density at radius 2 is 1.90 bits per heavy atom. The van der Waals surface area contributed by atoms with E-state index in [4.69, 9.17) is 5.11 Å². The number of rotatable bonds is 7. The van der Waals surface area contributed by atoms with E-state index in [9.17, 15) is 4.79 Å². The van der Waals surface area contributed by atoms with Gasteiger partial charge in [0.05, 0.1) is 5.56 Å². The summed E-state index contributed by atoms with van der Waals surface area (Å²) in [5.41, 5.74) is 0.346. The molecule has 0 bridgehead atoms. The van der Waals surface area contributed by atoms with Crippen molar-refractivity contribution >= 4 is 16.7 Å². The third kappa shape index (κ3) is 3.39. The molecule has 0 amide bonds. The number of carbonyl (C=O) groups is 1. The van der Waals surface area contributed by atoms with Crippen LogP contribution in [-0.4, -0.2) is 40.2 Å². The number of benzene rings is 1. The van der Waals surface area contributed by atoms with Gasteiger partial charge in [0.2, 0.25) is 0 Å². The van der Waals surface area contributed by atoms with Crippen molar-refractivity contribution in [2.75, 3.05) is 19.6 Å². The largest absolute Gasteiger partial charge is 0.478 e. The second-order valence-corrected chi connectivity index (χ2v) is 5.03. The van der Waals surface area contributed by atoms with Crippen LogP contribution >= 0.6 is 0 Å². The van der Waals surface area contributed by atoms with Gasteiger partial charge < -0.3 is 14.6 Å². The molecule has 0 saturated carbocycles. The number of aromatic nitrogens is 1. The second kappa shape index (κ2) is 6.57. The standard InChI is InChI=1S/C16H22N2O2/c1-3-17(4-2)8-5-9-18-11-14-7-6-13(16(19)20)10-15(14)12-18/h6-7,10-12H,3-5,8-9H2,1-2H3,(H,19,20). The molecule has 0 aliphatic rings. The lowest BCUT2D eigenvalue weighted by molar-refractivity contribution is 0.0697. The van der Waals surface area contributed by atoms with Gasteiger partial charge >= 0.3 is 5.97 Å². The summed E-state index contributed by atoms with van der Waals surface area (Å²) in [6.45, 7) is 8.61. The first-order valence-electron chi connectivity index (χ1n) is 7.19. The fraction of sp³-hybridized carbons (Fsp3) is 0.438. The zero-order valence-corrected chi connectivity index (χ0v) is 12.2. The zero-order chi connectivity index (χ0) is 14.5. The third-order valence-corrected chi connectivity index (χ3v) is 3.73. The Labute approximate surface area is 119 Å². The summed E-state index contributed by atoms with van der Waals surface area (Å²) < 4.78 is 2.15. The van der Waals surface area contributed by atoms with E-state index in [1.807, 2.05) is 12.3 Å². The van der Waals surface area contributed by atoms with Crippen molar-refractivity contribution in [3.8, 4) is 0 Å². The smallest absolute Gasteiger partial charge is 0.335 e. The molecule has 0 radical (unpaired) electrons. The summed E-state index contributed by atoms with van der Waals surface area (Å²) in [5, 5.41) is 11.1. The van der Waals surface area contributed by atoms with E-state index < -0.39 is 5.97 Å². The number of nitrogens with zero attached hydrogens (tertiary/aromatic N) is 2. The van der Waals surface area contributed by atoms with Crippen LogP contribution in [0.5, 0.6) is 0 Å². The first-order valence-corrected chi connectivity index (χ1v) is 7.19. The highest BCUT2D eigenvalue weighted by Crippen LogP contribution is 2.17. The number of hydrogen-bond acceptors (Lipinski definition) is 2. The molecule has 0 atom stereocenters. The van der Waals surface area contributed by atoms with E-state index in [-0.39, 0.29) is 0 Å². The van der Waals surface area contributed by atoms with Gasteiger partial charge in [-0.1, -0.05) is 19.9 Å². The number of fused-ring (bicyclic) bond motifs is 1. The van der Waals surface area contributed by atoms with E-state index in [1.54, 1.807) is 12.1 Å². The Morgan fingerprint density at radius 3 is 2.55 bits per heavy atom. The van der Waals surface area contributed by atoms with Crippen molar-refractivity contribution in [2.45, 2.75) is 26.8 Å². The van der Waals surface area contributed by atoms with Crippen LogP contribution in [0, 0.1) is 0 Å². The Morgan fingerprint density at radius 1 is 1.20 bits per heavy atom. The minimum Gasteiger partial charge on any atom is -0.478 e. The molecule has 1 aromatic carbocycles. The highest BCUT2D eigenvalue weighted by atomic mass is 16.4. The van der Waals surface area contributed by atoms with Gasteiger partial charge in [-0.25, -0.2) is 4.79 Å². The lowest BCUT2D eigenvalue weighted by atomic mass is 10.1. The summed E-state index contributed by atoms with van der Waals surface area (Å²) in [7, 11) is 0. The monoisotopic (exact) mass is 274 g/mol. The number of carboxylic acid groups (broad SMARTS) is 1. The zero-order valence-electron chi connectivity index (χ0n) is 12.2. The first-order chi connectivity index (χ1) is 9.63. The Bertz CT molecular complexity index is 585. The minimum absolute atomic E-state index is 0.346. The van der Waals surface area contributed by atoms with Crippen LogP contribution in [0.4, 0.5) is 0 Å². The predicted molar refractivity (Wildman–Crippen MR) is 81.3 cm³/mol. The molecule has 0 unspecified atom stereocenters. The third-order valence-electron chi connectivity index (χ3n) is 3.73. The van der Waals surface area contributed by atoms with Crippen LogP contribution in [0.3, 0.4) is 0 Å². The maximum atomic E-state index is 11.0. The highest BCUT2D eigenvalue weighted by molar-refractivity contribution is 5.94. The van der Waals surface area contributed by atoms with Crippen LogP contribution in [0.1, 0.15) is 30.6 Å². The average Bonchev–Trinajstić information content (AvgIpc) is 2.85. The van der Waals surface area contributed by atoms with E-state index in [1.165, 1.54) is 0 Å². The number of aromatic carboxylic acids is 1. The van der Waals surface area contributed by atoms with Crippen molar-refractivity contribution in [2.24, 2.45) is 0 Å². The quantitative estimate of drug-likeness (QED) is 0.844. The highest BCUT2D eigenvalue weighted by Gasteiger charge is 2.05. The Hall–Kier alpha value is -1.81. The molecule has 1 N–H and O–H groups in total. The molecule has 0 spiro atoms. The van der Waals surface area contributed by atoms with Crippen molar-refractivity contribution in [1.82, 2.24) is 9.47 Å². The summed E-state index contributed by atoms with van der Waals surface area (Å²) in [6.07, 6.45) is 5.22. The topological polar surface area (TPSA) is 45.5 Å². The molecule has 1 heterocycles. The minimum atomic E-state index is -0.874. The van der Waals surface area contributed by atoms with Gasteiger partial charge in [0.15, 0.2) is 0 Å². The van der Waals surface area contributed by atoms with Crippen LogP contribution in [0.25, 0.3) is 10.8 Å². The number of aryl methyl sites for hydroxylation is 1. The summed E-state index contributed by atoms with van der Waals surface area (Å²) in [5.74, 6) is -0.874. The maximum Gasteiger partial charge on any atom is 0.335 e. The molecule has 0 aliphatic heterocycles. The van der Waals surface area contributed by atoms with Gasteiger partial charge in [0, 0.05) is 24.3 Å². The number of carboxylic acids is 1. The molecule has 4 heteroatoms. The molecule has 0 saturated heterocycles. The van der Waals surface area contributed by atoms with E-state index in [0.29, 0.717) is 5.56 Å². The van der Waals surface area contributed by atoms with E-state index >= 15 is 0 Å². The SMILES string of the molecule is CCN(CC)CCCn1cc2ccc(C(=O)O)cc2c1. The lowest BCUT2D eigenvalue weighted by Crippen LogP contribution is -2.24. The number of hydrogen-bond donors (Lipinski definition) is 1. The summed E-state index contributed by atoms with van der Waals surface area (Å²) in [4.78, 5) is 13.4. The van der Waals surface area contributed by atoms with Crippen LogP contribution < -0.4 is 0 Å². The van der Waals surface area contributed by atoms with Crippen LogP contribution in [0.15, 0.2) is 30.6 Å². The molecule has 0 fully saturated rings. The second-order valence-electron chi connectivity index (χ2n) is 5.03.